The standard InChI is InChI=1S/C24H30FN3O3S/c1-18-3-8-23(17-19(18)2)32(30,31)28-11-9-20(10-12-28)24(29)27-15-13-26(14-16-27)22-6-4-21(25)5-7-22/h3-8,17,20H,9-16H2,1-2H3. The molecule has 2 aromatic carbocycles. The Morgan fingerprint density at radius 3 is 2.09 bits per heavy atom. The van der Waals surface area contributed by atoms with Crippen LogP contribution in [0, 0.1) is 25.6 Å². The summed E-state index contributed by atoms with van der Waals surface area (Å²) in [5.74, 6) is -0.279. The van der Waals surface area contributed by atoms with Gasteiger partial charge in [0.2, 0.25) is 15.9 Å². The minimum Gasteiger partial charge on any atom is -0.368 e. The molecule has 0 spiro atoms. The van der Waals surface area contributed by atoms with Gasteiger partial charge >= 0.3 is 0 Å². The summed E-state index contributed by atoms with van der Waals surface area (Å²) in [7, 11) is -3.54. The zero-order valence-electron chi connectivity index (χ0n) is 18.6. The van der Waals surface area contributed by atoms with E-state index < -0.39 is 10.0 Å². The lowest BCUT2D eigenvalue weighted by atomic mass is 9.96. The summed E-state index contributed by atoms with van der Waals surface area (Å²) in [6, 6.07) is 11.7. The topological polar surface area (TPSA) is 60.9 Å². The molecule has 2 heterocycles. The largest absolute Gasteiger partial charge is 0.368 e. The number of benzene rings is 2. The molecule has 0 unspecified atom stereocenters. The monoisotopic (exact) mass is 459 g/mol. The van der Waals surface area contributed by atoms with Crippen molar-refractivity contribution in [3.8, 4) is 0 Å². The van der Waals surface area contributed by atoms with Crippen LogP contribution in [0.4, 0.5) is 10.1 Å². The Hall–Kier alpha value is -2.45. The van der Waals surface area contributed by atoms with Crippen molar-refractivity contribution < 1.29 is 17.6 Å². The molecule has 0 aliphatic carbocycles. The molecule has 172 valence electrons. The molecule has 2 fully saturated rings. The van der Waals surface area contributed by atoms with Crippen LogP contribution in [0.1, 0.15) is 24.0 Å². The molecule has 0 radical (unpaired) electrons. The zero-order chi connectivity index (χ0) is 22.9. The van der Waals surface area contributed by atoms with Crippen molar-refractivity contribution in [2.24, 2.45) is 5.92 Å². The number of carbonyl (C=O) groups excluding carboxylic acids is 1. The number of amides is 1. The summed E-state index contributed by atoms with van der Waals surface area (Å²) in [5.41, 5.74) is 2.98. The van der Waals surface area contributed by atoms with Crippen LogP contribution in [-0.4, -0.2) is 62.8 Å². The molecular formula is C24H30FN3O3S. The van der Waals surface area contributed by atoms with E-state index in [0.29, 0.717) is 57.0 Å². The molecule has 0 atom stereocenters. The molecule has 2 aromatic rings. The maximum absolute atomic E-state index is 13.1. The van der Waals surface area contributed by atoms with Gasteiger partial charge in [-0.3, -0.25) is 4.79 Å². The Kier molecular flexibility index (Phi) is 6.53. The summed E-state index contributed by atoms with van der Waals surface area (Å²) in [6.45, 7) is 7.25. The van der Waals surface area contributed by atoms with Crippen LogP contribution < -0.4 is 4.90 Å². The molecule has 0 bridgehead atoms. The normalized spacial score (nSPS) is 18.7. The summed E-state index contributed by atoms with van der Waals surface area (Å²) >= 11 is 0. The number of rotatable bonds is 4. The first-order valence-corrected chi connectivity index (χ1v) is 12.6. The highest BCUT2D eigenvalue weighted by atomic mass is 32.2. The maximum atomic E-state index is 13.1. The fourth-order valence-corrected chi connectivity index (χ4v) is 6.02. The molecule has 4 rings (SSSR count). The minimum absolute atomic E-state index is 0.118. The van der Waals surface area contributed by atoms with Gasteiger partial charge < -0.3 is 9.80 Å². The quantitative estimate of drug-likeness (QED) is 0.705. The van der Waals surface area contributed by atoms with E-state index in [1.807, 2.05) is 24.8 Å². The molecule has 2 saturated heterocycles. The van der Waals surface area contributed by atoms with Crippen LogP contribution in [0.5, 0.6) is 0 Å². The van der Waals surface area contributed by atoms with Gasteiger partial charge in [-0.05, 0) is 74.2 Å². The van der Waals surface area contributed by atoms with Gasteiger partial charge in [0.25, 0.3) is 0 Å². The Balaban J connectivity index is 1.32. The Morgan fingerprint density at radius 2 is 1.50 bits per heavy atom. The van der Waals surface area contributed by atoms with Gasteiger partial charge in [-0.15, -0.1) is 0 Å². The number of anilines is 1. The van der Waals surface area contributed by atoms with E-state index in [-0.39, 0.29) is 17.6 Å². The first-order chi connectivity index (χ1) is 15.3. The summed E-state index contributed by atoms with van der Waals surface area (Å²) in [4.78, 5) is 17.4. The number of sulfonamides is 1. The fourth-order valence-electron chi connectivity index (χ4n) is 4.46. The number of piperazine rings is 1. The molecule has 2 aliphatic rings. The average molecular weight is 460 g/mol. The second-order valence-corrected chi connectivity index (χ2v) is 10.7. The predicted molar refractivity (Wildman–Crippen MR) is 123 cm³/mol. The lowest BCUT2D eigenvalue weighted by Gasteiger charge is -2.39. The molecule has 0 saturated carbocycles. The number of piperidine rings is 1. The van der Waals surface area contributed by atoms with Crippen molar-refractivity contribution >= 4 is 21.6 Å². The summed E-state index contributed by atoms with van der Waals surface area (Å²) in [5, 5.41) is 0. The number of halogens is 1. The molecule has 1 amide bonds. The van der Waals surface area contributed by atoms with Crippen molar-refractivity contribution in [1.82, 2.24) is 9.21 Å². The van der Waals surface area contributed by atoms with Gasteiger partial charge in [-0.25, -0.2) is 12.8 Å². The highest BCUT2D eigenvalue weighted by Gasteiger charge is 2.34. The molecule has 2 aliphatic heterocycles. The van der Waals surface area contributed by atoms with E-state index >= 15 is 0 Å². The number of hydrogen-bond donors (Lipinski definition) is 0. The van der Waals surface area contributed by atoms with Gasteiger partial charge in [0, 0.05) is 50.9 Å². The van der Waals surface area contributed by atoms with Crippen molar-refractivity contribution in [1.29, 1.82) is 0 Å². The van der Waals surface area contributed by atoms with Crippen LogP contribution in [0.2, 0.25) is 0 Å². The minimum atomic E-state index is -3.54. The summed E-state index contributed by atoms with van der Waals surface area (Å²) < 4.78 is 40.7. The van der Waals surface area contributed by atoms with Crippen LogP contribution in [0.15, 0.2) is 47.4 Å². The van der Waals surface area contributed by atoms with Crippen LogP contribution in [-0.2, 0) is 14.8 Å². The first kappa shape index (κ1) is 22.7. The number of aryl methyl sites for hydroxylation is 2. The van der Waals surface area contributed by atoms with Crippen molar-refractivity contribution in [3.63, 3.8) is 0 Å². The molecule has 8 heteroatoms. The van der Waals surface area contributed by atoms with E-state index in [0.717, 1.165) is 16.8 Å². The molecule has 0 aromatic heterocycles. The Morgan fingerprint density at radius 1 is 0.875 bits per heavy atom. The van der Waals surface area contributed by atoms with Crippen LogP contribution in [0.3, 0.4) is 0 Å². The lowest BCUT2D eigenvalue weighted by molar-refractivity contribution is -0.137. The second-order valence-electron chi connectivity index (χ2n) is 8.71. The maximum Gasteiger partial charge on any atom is 0.243 e. The first-order valence-electron chi connectivity index (χ1n) is 11.1. The third-order valence-electron chi connectivity index (χ3n) is 6.70. The van der Waals surface area contributed by atoms with Gasteiger partial charge in [0.1, 0.15) is 5.82 Å². The van der Waals surface area contributed by atoms with E-state index in [1.165, 1.54) is 16.4 Å². The zero-order valence-corrected chi connectivity index (χ0v) is 19.4. The molecule has 6 nitrogen and oxygen atoms in total. The molecule has 32 heavy (non-hydrogen) atoms. The van der Waals surface area contributed by atoms with Crippen molar-refractivity contribution in [3.05, 3.63) is 59.4 Å². The number of nitrogens with zero attached hydrogens (tertiary/aromatic N) is 3. The number of hydrogen-bond acceptors (Lipinski definition) is 4. The predicted octanol–water partition coefficient (Wildman–Crippen LogP) is 3.19. The van der Waals surface area contributed by atoms with Crippen LogP contribution >= 0.6 is 0 Å². The van der Waals surface area contributed by atoms with E-state index in [4.69, 9.17) is 0 Å². The fraction of sp³-hybridized carbons (Fsp3) is 0.458. The van der Waals surface area contributed by atoms with Gasteiger partial charge in [0.15, 0.2) is 0 Å². The number of carbonyl (C=O) groups is 1. The third kappa shape index (κ3) is 4.66. The SMILES string of the molecule is Cc1ccc(S(=O)(=O)N2CCC(C(=O)N3CCN(c4ccc(F)cc4)CC3)CC2)cc1C. The van der Waals surface area contributed by atoms with Crippen molar-refractivity contribution in [2.45, 2.75) is 31.6 Å². The smallest absolute Gasteiger partial charge is 0.243 e. The highest BCUT2D eigenvalue weighted by molar-refractivity contribution is 7.89. The Labute approximate surface area is 189 Å². The van der Waals surface area contributed by atoms with Gasteiger partial charge in [-0.1, -0.05) is 6.07 Å². The van der Waals surface area contributed by atoms with E-state index in [9.17, 15) is 17.6 Å². The van der Waals surface area contributed by atoms with Gasteiger partial charge in [-0.2, -0.15) is 4.31 Å². The van der Waals surface area contributed by atoms with Gasteiger partial charge in [0.05, 0.1) is 4.90 Å². The lowest BCUT2D eigenvalue weighted by Crippen LogP contribution is -2.52. The second kappa shape index (κ2) is 9.19. The van der Waals surface area contributed by atoms with Crippen molar-refractivity contribution in [2.75, 3.05) is 44.2 Å². The third-order valence-corrected chi connectivity index (χ3v) is 8.60. The highest BCUT2D eigenvalue weighted by Crippen LogP contribution is 2.27. The van der Waals surface area contributed by atoms with E-state index in [1.54, 1.807) is 24.3 Å². The average Bonchev–Trinajstić information content (AvgIpc) is 2.81. The Bertz CT molecular complexity index is 1070. The summed E-state index contributed by atoms with van der Waals surface area (Å²) in [6.07, 6.45) is 1.09. The van der Waals surface area contributed by atoms with Crippen LogP contribution in [0.25, 0.3) is 0 Å². The molecule has 0 N–H and O–H groups in total. The van der Waals surface area contributed by atoms with E-state index in [2.05, 4.69) is 4.90 Å². The molecular weight excluding hydrogens is 429 g/mol.